The van der Waals surface area contributed by atoms with Gasteiger partial charge in [0, 0.05) is 44.4 Å². The minimum absolute atomic E-state index is 0.223. The van der Waals surface area contributed by atoms with Crippen LogP contribution in [0.15, 0.2) is 23.1 Å². The number of nitrogens with one attached hydrogen (secondary N) is 1. The van der Waals surface area contributed by atoms with Crippen LogP contribution in [0.3, 0.4) is 0 Å². The van der Waals surface area contributed by atoms with Gasteiger partial charge in [0.05, 0.1) is 23.0 Å². The number of benzene rings is 1. The molecule has 0 saturated carbocycles. The first-order chi connectivity index (χ1) is 9.99. The molecule has 1 heterocycles. The number of nitrogens with zero attached hydrogens (tertiary/aromatic N) is 2. The molecule has 1 N–H and O–H groups in total. The summed E-state index contributed by atoms with van der Waals surface area (Å²) in [5.41, 5.74) is -0.276. The minimum atomic E-state index is -3.79. The minimum Gasteiger partial charge on any atom is -0.379 e. The average molecular weight is 314 g/mol. The Labute approximate surface area is 122 Å². The highest BCUT2D eigenvalue weighted by Crippen LogP contribution is 2.16. The number of sulfonamides is 1. The van der Waals surface area contributed by atoms with Gasteiger partial charge in [0.15, 0.2) is 0 Å². The Kier molecular flexibility index (Phi) is 5.23. The zero-order valence-corrected chi connectivity index (χ0v) is 12.1. The number of nitro benzene ring substituents is 1. The maximum absolute atomic E-state index is 12.0. The van der Waals surface area contributed by atoms with Gasteiger partial charge in [0.25, 0.3) is 5.69 Å². The zero-order valence-electron chi connectivity index (χ0n) is 11.3. The molecular formula is C12H16N3O5S. The number of hydrogen-bond donors (Lipinski definition) is 1. The molecule has 1 fully saturated rings. The summed E-state index contributed by atoms with van der Waals surface area (Å²) >= 11 is 0. The van der Waals surface area contributed by atoms with Crippen LogP contribution in [0.4, 0.5) is 5.69 Å². The van der Waals surface area contributed by atoms with E-state index in [1.165, 1.54) is 12.1 Å². The standard InChI is InChI=1S/C12H16N3O5S/c16-15(17)11-2-1-3-12(10-11)21(18,19)13-4-5-14-6-8-20-9-7-14/h1-2,10,13H,4-9H2. The second-order valence-electron chi connectivity index (χ2n) is 4.52. The van der Waals surface area contributed by atoms with Crippen molar-refractivity contribution >= 4 is 15.7 Å². The van der Waals surface area contributed by atoms with Crippen molar-refractivity contribution in [3.63, 3.8) is 0 Å². The van der Waals surface area contributed by atoms with E-state index in [0.29, 0.717) is 19.8 Å². The molecule has 0 aromatic heterocycles. The monoisotopic (exact) mass is 314 g/mol. The van der Waals surface area contributed by atoms with Crippen LogP contribution in [-0.2, 0) is 14.8 Å². The molecule has 9 heteroatoms. The molecule has 115 valence electrons. The van der Waals surface area contributed by atoms with Crippen LogP contribution in [0.5, 0.6) is 0 Å². The first-order valence-electron chi connectivity index (χ1n) is 6.45. The van der Waals surface area contributed by atoms with Crippen molar-refractivity contribution in [3.8, 4) is 0 Å². The second kappa shape index (κ2) is 6.94. The maximum Gasteiger partial charge on any atom is 0.270 e. The summed E-state index contributed by atoms with van der Waals surface area (Å²) in [5.74, 6) is 0. The molecule has 0 unspecified atom stereocenters. The van der Waals surface area contributed by atoms with Gasteiger partial charge in [-0.3, -0.25) is 15.0 Å². The fourth-order valence-electron chi connectivity index (χ4n) is 1.94. The van der Waals surface area contributed by atoms with Crippen LogP contribution in [0.2, 0.25) is 0 Å². The third kappa shape index (κ3) is 4.46. The van der Waals surface area contributed by atoms with Crippen LogP contribution < -0.4 is 4.72 Å². The van der Waals surface area contributed by atoms with Gasteiger partial charge in [-0.1, -0.05) is 0 Å². The van der Waals surface area contributed by atoms with E-state index in [2.05, 4.69) is 15.7 Å². The third-order valence-corrected chi connectivity index (χ3v) is 4.48. The molecule has 1 aromatic rings. The Morgan fingerprint density at radius 3 is 2.81 bits per heavy atom. The molecule has 0 bridgehead atoms. The third-order valence-electron chi connectivity index (χ3n) is 3.08. The van der Waals surface area contributed by atoms with E-state index in [-0.39, 0.29) is 17.1 Å². The van der Waals surface area contributed by atoms with Crippen LogP contribution in [0, 0.1) is 16.2 Å². The van der Waals surface area contributed by atoms with E-state index >= 15 is 0 Å². The Hall–Kier alpha value is -1.55. The van der Waals surface area contributed by atoms with E-state index in [1.807, 2.05) is 0 Å². The molecule has 2 rings (SSSR count). The van der Waals surface area contributed by atoms with Crippen LogP contribution >= 0.6 is 0 Å². The number of rotatable bonds is 6. The van der Waals surface area contributed by atoms with E-state index in [1.54, 1.807) is 0 Å². The molecule has 0 aliphatic carbocycles. The predicted octanol–water partition coefficient (Wildman–Crippen LogP) is 0.00549. The van der Waals surface area contributed by atoms with Crippen molar-refractivity contribution in [3.05, 3.63) is 34.4 Å². The van der Waals surface area contributed by atoms with Crippen molar-refractivity contribution < 1.29 is 18.1 Å². The summed E-state index contributed by atoms with van der Waals surface area (Å²) in [7, 11) is -3.79. The lowest BCUT2D eigenvalue weighted by Gasteiger charge is -2.26. The molecule has 0 atom stereocenters. The number of hydrogen-bond acceptors (Lipinski definition) is 6. The van der Waals surface area contributed by atoms with Crippen molar-refractivity contribution in [2.75, 3.05) is 39.4 Å². The predicted molar refractivity (Wildman–Crippen MR) is 74.4 cm³/mol. The van der Waals surface area contributed by atoms with Crippen LogP contribution in [0.25, 0.3) is 0 Å². The van der Waals surface area contributed by atoms with Gasteiger partial charge < -0.3 is 4.74 Å². The Morgan fingerprint density at radius 1 is 1.43 bits per heavy atom. The van der Waals surface area contributed by atoms with E-state index < -0.39 is 14.9 Å². The first-order valence-corrected chi connectivity index (χ1v) is 7.93. The lowest BCUT2D eigenvalue weighted by molar-refractivity contribution is -0.385. The maximum atomic E-state index is 12.0. The summed E-state index contributed by atoms with van der Waals surface area (Å²) < 4.78 is 31.7. The SMILES string of the molecule is O=[N+]([O-])c1cc[c]c(S(=O)(=O)NCCN2CCOCC2)c1. The lowest BCUT2D eigenvalue weighted by atomic mass is 10.3. The largest absolute Gasteiger partial charge is 0.379 e. The van der Waals surface area contributed by atoms with Gasteiger partial charge in [-0.25, -0.2) is 13.1 Å². The summed E-state index contributed by atoms with van der Waals surface area (Å²) in [4.78, 5) is 11.9. The Balaban J connectivity index is 1.94. The smallest absolute Gasteiger partial charge is 0.270 e. The topological polar surface area (TPSA) is 102 Å². The molecule has 0 amide bonds. The highest BCUT2D eigenvalue weighted by atomic mass is 32.2. The molecule has 1 saturated heterocycles. The highest BCUT2D eigenvalue weighted by Gasteiger charge is 2.18. The molecule has 0 spiro atoms. The fraction of sp³-hybridized carbons (Fsp3) is 0.500. The molecule has 1 aromatic carbocycles. The van der Waals surface area contributed by atoms with Crippen LogP contribution in [0.1, 0.15) is 0 Å². The summed E-state index contributed by atoms with van der Waals surface area (Å²) in [5, 5.41) is 10.7. The summed E-state index contributed by atoms with van der Waals surface area (Å²) in [6.07, 6.45) is 0. The van der Waals surface area contributed by atoms with Gasteiger partial charge in [-0.2, -0.15) is 0 Å². The second-order valence-corrected chi connectivity index (χ2v) is 6.26. The van der Waals surface area contributed by atoms with Crippen LogP contribution in [-0.4, -0.2) is 57.6 Å². The Bertz CT molecular complexity index is 599. The average Bonchev–Trinajstić information content (AvgIpc) is 2.48. The number of nitro groups is 1. The van der Waals surface area contributed by atoms with Gasteiger partial charge >= 0.3 is 0 Å². The molecule has 21 heavy (non-hydrogen) atoms. The summed E-state index contributed by atoms with van der Waals surface area (Å²) in [6.45, 7) is 3.63. The molecule has 1 aliphatic heterocycles. The number of non-ortho nitro benzene ring substituents is 1. The number of ether oxygens (including phenoxy) is 1. The van der Waals surface area contributed by atoms with E-state index in [0.717, 1.165) is 19.2 Å². The van der Waals surface area contributed by atoms with Crippen molar-refractivity contribution in [2.24, 2.45) is 0 Å². The van der Waals surface area contributed by atoms with Crippen molar-refractivity contribution in [1.82, 2.24) is 9.62 Å². The molecule has 1 radical (unpaired) electrons. The summed E-state index contributed by atoms with van der Waals surface area (Å²) in [6, 6.07) is 5.93. The normalized spacial score (nSPS) is 16.8. The zero-order chi connectivity index (χ0) is 15.3. The van der Waals surface area contributed by atoms with Gasteiger partial charge in [0.2, 0.25) is 10.0 Å². The van der Waals surface area contributed by atoms with Gasteiger partial charge in [0.1, 0.15) is 0 Å². The lowest BCUT2D eigenvalue weighted by Crippen LogP contribution is -2.41. The fourth-order valence-corrected chi connectivity index (χ4v) is 2.96. The Morgan fingerprint density at radius 2 is 2.14 bits per heavy atom. The van der Waals surface area contributed by atoms with E-state index in [9.17, 15) is 18.5 Å². The first kappa shape index (κ1) is 15.8. The van der Waals surface area contributed by atoms with E-state index in [4.69, 9.17) is 4.74 Å². The van der Waals surface area contributed by atoms with Crippen molar-refractivity contribution in [2.45, 2.75) is 4.90 Å². The molecule has 1 aliphatic rings. The van der Waals surface area contributed by atoms with Gasteiger partial charge in [-0.05, 0) is 6.07 Å². The van der Waals surface area contributed by atoms with Gasteiger partial charge in [-0.15, -0.1) is 0 Å². The number of morpholine rings is 1. The molecule has 8 nitrogen and oxygen atoms in total. The quantitative estimate of drug-likeness (QED) is 0.586. The highest BCUT2D eigenvalue weighted by molar-refractivity contribution is 7.89. The van der Waals surface area contributed by atoms with Crippen molar-refractivity contribution in [1.29, 1.82) is 0 Å². The molecular weight excluding hydrogens is 298 g/mol.